The number of aromatic nitrogens is 6. The first kappa shape index (κ1) is 14.1. The second-order valence-electron chi connectivity index (χ2n) is 4.82. The molecule has 2 rings (SSSR count). The Morgan fingerprint density at radius 3 is 2.80 bits per heavy atom. The number of rotatable bonds is 6. The summed E-state index contributed by atoms with van der Waals surface area (Å²) in [5, 5.41) is 16.7. The summed E-state index contributed by atoms with van der Waals surface area (Å²) < 4.78 is 1.38. The number of anilines is 2. The van der Waals surface area contributed by atoms with Crippen LogP contribution in [0, 0.1) is 5.92 Å². The van der Waals surface area contributed by atoms with Crippen LogP contribution in [0.1, 0.15) is 20.3 Å². The van der Waals surface area contributed by atoms with Gasteiger partial charge in [-0.05, 0) is 12.3 Å². The van der Waals surface area contributed by atoms with E-state index in [1.807, 2.05) is 13.8 Å². The molecule has 2 aromatic rings. The molecule has 4 N–H and O–H groups in total. The molecule has 0 aliphatic carbocycles. The summed E-state index contributed by atoms with van der Waals surface area (Å²) in [4.78, 5) is 15.9. The van der Waals surface area contributed by atoms with Crippen molar-refractivity contribution < 1.29 is 5.11 Å². The van der Waals surface area contributed by atoms with Gasteiger partial charge in [-0.25, -0.2) is 4.98 Å². The van der Waals surface area contributed by atoms with Crippen molar-refractivity contribution in [2.75, 3.05) is 17.6 Å². The summed E-state index contributed by atoms with van der Waals surface area (Å²) in [6.07, 6.45) is 3.07. The van der Waals surface area contributed by atoms with Gasteiger partial charge in [0.25, 0.3) is 5.95 Å². The Bertz CT molecular complexity index is 541. The molecule has 0 aliphatic rings. The van der Waals surface area contributed by atoms with Gasteiger partial charge in [0.2, 0.25) is 11.9 Å². The summed E-state index contributed by atoms with van der Waals surface area (Å²) >= 11 is 0. The molecule has 9 heteroatoms. The first-order valence-corrected chi connectivity index (χ1v) is 6.33. The van der Waals surface area contributed by atoms with Gasteiger partial charge in [0, 0.05) is 6.54 Å². The molecule has 0 aromatic carbocycles. The minimum absolute atomic E-state index is 0.0753. The third-order valence-corrected chi connectivity index (χ3v) is 2.50. The van der Waals surface area contributed by atoms with Crippen molar-refractivity contribution in [1.29, 1.82) is 0 Å². The Hall–Kier alpha value is -2.29. The molecule has 0 amide bonds. The summed E-state index contributed by atoms with van der Waals surface area (Å²) in [5.41, 5.74) is 5.63. The largest absolute Gasteiger partial charge is 0.391 e. The highest BCUT2D eigenvalue weighted by Gasteiger charge is 2.10. The lowest BCUT2D eigenvalue weighted by molar-refractivity contribution is 0.161. The smallest absolute Gasteiger partial charge is 0.258 e. The number of hydrogen-bond acceptors (Lipinski definition) is 8. The first-order valence-electron chi connectivity index (χ1n) is 6.33. The van der Waals surface area contributed by atoms with Crippen LogP contribution in [0.15, 0.2) is 12.7 Å². The van der Waals surface area contributed by atoms with E-state index < -0.39 is 6.10 Å². The molecule has 0 bridgehead atoms. The number of aliphatic hydroxyl groups excluding tert-OH is 1. The molecular formula is C11H18N8O. The number of nitrogens with zero attached hydrogens (tertiary/aromatic N) is 6. The van der Waals surface area contributed by atoms with Gasteiger partial charge >= 0.3 is 0 Å². The minimum atomic E-state index is -0.470. The van der Waals surface area contributed by atoms with Crippen molar-refractivity contribution in [3.05, 3.63) is 12.7 Å². The van der Waals surface area contributed by atoms with E-state index >= 15 is 0 Å². The van der Waals surface area contributed by atoms with Crippen molar-refractivity contribution in [3.63, 3.8) is 0 Å². The van der Waals surface area contributed by atoms with Crippen LogP contribution in [0.4, 0.5) is 11.9 Å². The van der Waals surface area contributed by atoms with E-state index in [9.17, 15) is 5.11 Å². The van der Waals surface area contributed by atoms with E-state index in [1.54, 1.807) is 0 Å². The van der Waals surface area contributed by atoms with E-state index in [4.69, 9.17) is 5.73 Å². The third kappa shape index (κ3) is 3.85. The summed E-state index contributed by atoms with van der Waals surface area (Å²) in [6, 6.07) is 0. The number of aliphatic hydroxyl groups is 1. The number of nitrogens with two attached hydrogens (primary N) is 1. The molecule has 108 valence electrons. The van der Waals surface area contributed by atoms with Gasteiger partial charge in [0.05, 0.1) is 6.10 Å². The molecule has 0 radical (unpaired) electrons. The Morgan fingerprint density at radius 1 is 1.35 bits per heavy atom. The van der Waals surface area contributed by atoms with Crippen molar-refractivity contribution >= 4 is 11.9 Å². The molecule has 0 fully saturated rings. The normalized spacial score (nSPS) is 12.6. The molecule has 9 nitrogen and oxygen atoms in total. The molecule has 0 spiro atoms. The molecule has 2 heterocycles. The van der Waals surface area contributed by atoms with E-state index in [2.05, 4.69) is 30.4 Å². The Labute approximate surface area is 116 Å². The Morgan fingerprint density at radius 2 is 2.15 bits per heavy atom. The van der Waals surface area contributed by atoms with Crippen molar-refractivity contribution in [2.24, 2.45) is 5.92 Å². The molecule has 0 saturated carbocycles. The second kappa shape index (κ2) is 6.24. The molecule has 1 atom stereocenters. The van der Waals surface area contributed by atoms with Gasteiger partial charge in [-0.15, -0.1) is 0 Å². The zero-order chi connectivity index (χ0) is 14.5. The SMILES string of the molecule is CC(C)CC(O)CNc1nc(N)nc(-n2cncn2)n1. The van der Waals surface area contributed by atoms with Crippen LogP contribution < -0.4 is 11.1 Å². The fourth-order valence-corrected chi connectivity index (χ4v) is 1.71. The van der Waals surface area contributed by atoms with E-state index in [0.717, 1.165) is 0 Å². The zero-order valence-corrected chi connectivity index (χ0v) is 11.4. The maximum atomic E-state index is 9.81. The van der Waals surface area contributed by atoms with Crippen molar-refractivity contribution in [1.82, 2.24) is 29.7 Å². The van der Waals surface area contributed by atoms with Crippen LogP contribution in [0.5, 0.6) is 0 Å². The fraction of sp³-hybridized carbons (Fsp3) is 0.545. The first-order chi connectivity index (χ1) is 9.54. The van der Waals surface area contributed by atoms with E-state index in [-0.39, 0.29) is 11.9 Å². The van der Waals surface area contributed by atoms with Crippen LogP contribution in [0.25, 0.3) is 5.95 Å². The van der Waals surface area contributed by atoms with Crippen molar-refractivity contribution in [2.45, 2.75) is 26.4 Å². The van der Waals surface area contributed by atoms with Crippen LogP contribution in [-0.4, -0.2) is 47.5 Å². The molecule has 0 saturated heterocycles. The van der Waals surface area contributed by atoms with E-state index in [1.165, 1.54) is 17.3 Å². The van der Waals surface area contributed by atoms with Gasteiger partial charge in [0.15, 0.2) is 0 Å². The Kier molecular flexibility index (Phi) is 4.41. The number of nitrogens with one attached hydrogen (secondary N) is 1. The number of hydrogen-bond donors (Lipinski definition) is 3. The lowest BCUT2D eigenvalue weighted by Crippen LogP contribution is -2.23. The topological polar surface area (TPSA) is 128 Å². The summed E-state index contributed by atoms with van der Waals surface area (Å²) in [6.45, 7) is 4.44. The molecule has 1 unspecified atom stereocenters. The fourth-order valence-electron chi connectivity index (χ4n) is 1.71. The molecule has 2 aromatic heterocycles. The van der Waals surface area contributed by atoms with Gasteiger partial charge in [-0.2, -0.15) is 24.7 Å². The van der Waals surface area contributed by atoms with Gasteiger partial charge in [-0.1, -0.05) is 13.8 Å². The van der Waals surface area contributed by atoms with Crippen LogP contribution in [0.3, 0.4) is 0 Å². The second-order valence-corrected chi connectivity index (χ2v) is 4.82. The average molecular weight is 278 g/mol. The lowest BCUT2D eigenvalue weighted by atomic mass is 10.1. The van der Waals surface area contributed by atoms with Crippen LogP contribution in [-0.2, 0) is 0 Å². The standard InChI is InChI=1S/C11H18N8O/c1-7(2)3-8(20)4-14-10-16-9(12)17-11(18-10)19-6-13-5-15-19/h5-8,20H,3-4H2,1-2H3,(H3,12,14,16,17,18). The maximum absolute atomic E-state index is 9.81. The molecule has 0 aliphatic heterocycles. The predicted octanol–water partition coefficient (Wildman–Crippen LogP) is -0.147. The molecular weight excluding hydrogens is 260 g/mol. The van der Waals surface area contributed by atoms with Crippen LogP contribution >= 0.6 is 0 Å². The highest BCUT2D eigenvalue weighted by Crippen LogP contribution is 2.08. The predicted molar refractivity (Wildman–Crippen MR) is 73.1 cm³/mol. The van der Waals surface area contributed by atoms with Gasteiger partial charge in [0.1, 0.15) is 12.7 Å². The zero-order valence-electron chi connectivity index (χ0n) is 11.4. The van der Waals surface area contributed by atoms with Gasteiger partial charge < -0.3 is 16.2 Å². The summed E-state index contributed by atoms with van der Waals surface area (Å²) in [7, 11) is 0. The minimum Gasteiger partial charge on any atom is -0.391 e. The molecule has 20 heavy (non-hydrogen) atoms. The maximum Gasteiger partial charge on any atom is 0.258 e. The highest BCUT2D eigenvalue weighted by atomic mass is 16.3. The lowest BCUT2D eigenvalue weighted by Gasteiger charge is -2.14. The monoisotopic (exact) mass is 278 g/mol. The average Bonchev–Trinajstić information content (AvgIpc) is 2.89. The Balaban J connectivity index is 2.05. The number of nitrogen functional groups attached to an aromatic ring is 1. The quantitative estimate of drug-likeness (QED) is 0.665. The third-order valence-electron chi connectivity index (χ3n) is 2.50. The highest BCUT2D eigenvalue weighted by molar-refractivity contribution is 5.34. The summed E-state index contributed by atoms with van der Waals surface area (Å²) in [5.74, 6) is 1.06. The van der Waals surface area contributed by atoms with E-state index in [0.29, 0.717) is 24.8 Å². The van der Waals surface area contributed by atoms with Crippen molar-refractivity contribution in [3.8, 4) is 5.95 Å². The van der Waals surface area contributed by atoms with Gasteiger partial charge in [-0.3, -0.25) is 0 Å². The van der Waals surface area contributed by atoms with Crippen LogP contribution in [0.2, 0.25) is 0 Å².